The highest BCUT2D eigenvalue weighted by Crippen LogP contribution is 2.23. The quantitative estimate of drug-likeness (QED) is 0.382. The van der Waals surface area contributed by atoms with Crippen molar-refractivity contribution in [3.8, 4) is 11.1 Å². The van der Waals surface area contributed by atoms with Crippen molar-refractivity contribution in [3.05, 3.63) is 54.6 Å². The van der Waals surface area contributed by atoms with Crippen LogP contribution in [0.3, 0.4) is 0 Å². The van der Waals surface area contributed by atoms with Crippen LogP contribution in [0.4, 0.5) is 5.69 Å². The standard InChI is InChI=1S/C19H22N4O2/c20-21-18(24)14-19(25)23-12-10-22(11-13-23)17-8-6-16(7-9-17)15-4-2-1-3-5-15/h1-9H,10-14,20H2,(H,21,24). The van der Waals surface area contributed by atoms with Gasteiger partial charge in [-0.1, -0.05) is 42.5 Å². The van der Waals surface area contributed by atoms with Gasteiger partial charge in [0.15, 0.2) is 0 Å². The maximum Gasteiger partial charge on any atom is 0.243 e. The molecule has 0 atom stereocenters. The van der Waals surface area contributed by atoms with E-state index in [0.29, 0.717) is 13.1 Å². The number of hydrazine groups is 1. The van der Waals surface area contributed by atoms with Gasteiger partial charge >= 0.3 is 0 Å². The lowest BCUT2D eigenvalue weighted by molar-refractivity contribution is -0.136. The van der Waals surface area contributed by atoms with Gasteiger partial charge in [-0.3, -0.25) is 15.0 Å². The summed E-state index contributed by atoms with van der Waals surface area (Å²) in [5, 5.41) is 0. The Morgan fingerprint density at radius 2 is 1.48 bits per heavy atom. The Kier molecular flexibility index (Phi) is 5.30. The van der Waals surface area contributed by atoms with E-state index in [-0.39, 0.29) is 12.3 Å². The van der Waals surface area contributed by atoms with Crippen molar-refractivity contribution in [1.29, 1.82) is 0 Å². The van der Waals surface area contributed by atoms with E-state index in [1.54, 1.807) is 4.90 Å². The zero-order valence-electron chi connectivity index (χ0n) is 14.0. The fourth-order valence-corrected chi connectivity index (χ4v) is 3.01. The molecule has 0 saturated carbocycles. The Bertz CT molecular complexity index is 723. The van der Waals surface area contributed by atoms with E-state index in [0.717, 1.165) is 18.8 Å². The van der Waals surface area contributed by atoms with E-state index < -0.39 is 5.91 Å². The summed E-state index contributed by atoms with van der Waals surface area (Å²) in [6.07, 6.45) is -0.192. The number of piperazine rings is 1. The lowest BCUT2D eigenvalue weighted by atomic mass is 10.1. The molecule has 25 heavy (non-hydrogen) atoms. The molecule has 0 bridgehead atoms. The Labute approximate surface area is 147 Å². The molecule has 2 aromatic rings. The van der Waals surface area contributed by atoms with Crippen molar-refractivity contribution < 1.29 is 9.59 Å². The molecule has 0 unspecified atom stereocenters. The lowest BCUT2D eigenvalue weighted by Crippen LogP contribution is -2.49. The zero-order valence-corrected chi connectivity index (χ0v) is 14.0. The van der Waals surface area contributed by atoms with Gasteiger partial charge in [0.05, 0.1) is 0 Å². The minimum absolute atomic E-state index is 0.179. The average molecular weight is 338 g/mol. The molecule has 1 saturated heterocycles. The summed E-state index contributed by atoms with van der Waals surface area (Å²) in [5.41, 5.74) is 5.52. The molecule has 0 spiro atoms. The van der Waals surface area contributed by atoms with Gasteiger partial charge in [0.2, 0.25) is 11.8 Å². The topological polar surface area (TPSA) is 78.7 Å². The molecule has 0 aliphatic carbocycles. The van der Waals surface area contributed by atoms with Crippen molar-refractivity contribution in [1.82, 2.24) is 10.3 Å². The Morgan fingerprint density at radius 1 is 0.880 bits per heavy atom. The van der Waals surface area contributed by atoms with Gasteiger partial charge in [-0.25, -0.2) is 5.84 Å². The molecule has 1 aliphatic rings. The van der Waals surface area contributed by atoms with Gasteiger partial charge in [0, 0.05) is 31.9 Å². The first-order valence-electron chi connectivity index (χ1n) is 8.35. The van der Waals surface area contributed by atoms with E-state index in [1.807, 2.05) is 23.6 Å². The van der Waals surface area contributed by atoms with Crippen molar-refractivity contribution >= 4 is 17.5 Å². The molecule has 6 nitrogen and oxygen atoms in total. The summed E-state index contributed by atoms with van der Waals surface area (Å²) in [6, 6.07) is 18.7. The summed E-state index contributed by atoms with van der Waals surface area (Å²) in [7, 11) is 0. The normalized spacial score (nSPS) is 14.3. The molecule has 6 heteroatoms. The van der Waals surface area contributed by atoms with Crippen molar-refractivity contribution in [2.45, 2.75) is 6.42 Å². The summed E-state index contributed by atoms with van der Waals surface area (Å²) in [4.78, 5) is 27.2. The van der Waals surface area contributed by atoms with Gasteiger partial charge < -0.3 is 9.80 Å². The summed E-state index contributed by atoms with van der Waals surface area (Å²) < 4.78 is 0. The van der Waals surface area contributed by atoms with E-state index in [4.69, 9.17) is 5.84 Å². The third-order valence-corrected chi connectivity index (χ3v) is 4.44. The smallest absolute Gasteiger partial charge is 0.243 e. The molecule has 2 amide bonds. The van der Waals surface area contributed by atoms with Gasteiger partial charge in [-0.2, -0.15) is 0 Å². The highest BCUT2D eigenvalue weighted by atomic mass is 16.2. The number of carbonyl (C=O) groups is 2. The number of anilines is 1. The summed E-state index contributed by atoms with van der Waals surface area (Å²) >= 11 is 0. The minimum atomic E-state index is -0.455. The number of nitrogens with two attached hydrogens (primary N) is 1. The van der Waals surface area contributed by atoms with Gasteiger partial charge in [-0.15, -0.1) is 0 Å². The first-order valence-corrected chi connectivity index (χ1v) is 8.35. The third kappa shape index (κ3) is 4.16. The average Bonchev–Trinajstić information content (AvgIpc) is 2.69. The first kappa shape index (κ1) is 17.0. The van der Waals surface area contributed by atoms with Gasteiger partial charge in [0.1, 0.15) is 6.42 Å². The second-order valence-corrected chi connectivity index (χ2v) is 6.03. The minimum Gasteiger partial charge on any atom is -0.368 e. The number of benzene rings is 2. The number of carbonyl (C=O) groups excluding carboxylic acids is 2. The lowest BCUT2D eigenvalue weighted by Gasteiger charge is -2.36. The molecule has 1 fully saturated rings. The molecule has 0 aromatic heterocycles. The molecule has 0 radical (unpaired) electrons. The van der Waals surface area contributed by atoms with E-state index >= 15 is 0 Å². The molecular formula is C19H22N4O2. The first-order chi connectivity index (χ1) is 12.2. The van der Waals surface area contributed by atoms with Crippen LogP contribution >= 0.6 is 0 Å². The van der Waals surface area contributed by atoms with Crippen LogP contribution in [0.1, 0.15) is 6.42 Å². The Hall–Kier alpha value is -2.86. The fraction of sp³-hybridized carbons (Fsp3) is 0.263. The second kappa shape index (κ2) is 7.81. The van der Waals surface area contributed by atoms with E-state index in [2.05, 4.69) is 41.3 Å². The van der Waals surface area contributed by atoms with Gasteiger partial charge in [0.25, 0.3) is 0 Å². The van der Waals surface area contributed by atoms with E-state index in [9.17, 15) is 9.59 Å². The maximum atomic E-state index is 12.0. The number of hydrogen-bond acceptors (Lipinski definition) is 4. The maximum absolute atomic E-state index is 12.0. The predicted octanol–water partition coefficient (Wildman–Crippen LogP) is 1.38. The SMILES string of the molecule is NNC(=O)CC(=O)N1CCN(c2ccc(-c3ccccc3)cc2)CC1. The largest absolute Gasteiger partial charge is 0.368 e. The molecule has 2 aromatic carbocycles. The molecular weight excluding hydrogens is 316 g/mol. The zero-order chi connectivity index (χ0) is 17.6. The van der Waals surface area contributed by atoms with Crippen molar-refractivity contribution in [3.63, 3.8) is 0 Å². The third-order valence-electron chi connectivity index (χ3n) is 4.44. The van der Waals surface area contributed by atoms with Gasteiger partial charge in [-0.05, 0) is 23.3 Å². The highest BCUT2D eigenvalue weighted by Gasteiger charge is 2.22. The van der Waals surface area contributed by atoms with Crippen LogP contribution in [0.25, 0.3) is 11.1 Å². The Balaban J connectivity index is 1.58. The molecule has 3 N–H and O–H groups in total. The molecule has 3 rings (SSSR count). The Morgan fingerprint density at radius 3 is 2.08 bits per heavy atom. The predicted molar refractivity (Wildman–Crippen MR) is 97.6 cm³/mol. The summed E-state index contributed by atoms with van der Waals surface area (Å²) in [6.45, 7) is 2.72. The molecule has 1 heterocycles. The highest BCUT2D eigenvalue weighted by molar-refractivity contribution is 5.96. The fourth-order valence-electron chi connectivity index (χ4n) is 3.01. The summed E-state index contributed by atoms with van der Waals surface area (Å²) in [5.74, 6) is 4.39. The van der Waals surface area contributed by atoms with Crippen LogP contribution in [0, 0.1) is 0 Å². The van der Waals surface area contributed by atoms with Crippen molar-refractivity contribution in [2.24, 2.45) is 5.84 Å². The molecule has 130 valence electrons. The van der Waals surface area contributed by atoms with Crippen LogP contribution < -0.4 is 16.2 Å². The van der Waals surface area contributed by atoms with Crippen LogP contribution in [0.2, 0.25) is 0 Å². The number of rotatable bonds is 4. The monoisotopic (exact) mass is 338 g/mol. The molecule has 1 aliphatic heterocycles. The van der Waals surface area contributed by atoms with Crippen LogP contribution in [-0.4, -0.2) is 42.9 Å². The number of nitrogens with one attached hydrogen (secondary N) is 1. The van der Waals surface area contributed by atoms with Crippen molar-refractivity contribution in [2.75, 3.05) is 31.1 Å². The van der Waals surface area contributed by atoms with E-state index in [1.165, 1.54) is 11.1 Å². The van der Waals surface area contributed by atoms with Crippen LogP contribution in [0.15, 0.2) is 54.6 Å². The number of nitrogens with zero attached hydrogens (tertiary/aromatic N) is 2. The number of amides is 2. The van der Waals surface area contributed by atoms with Crippen LogP contribution in [0.5, 0.6) is 0 Å². The van der Waals surface area contributed by atoms with Crippen LogP contribution in [-0.2, 0) is 9.59 Å². The second-order valence-electron chi connectivity index (χ2n) is 6.03. The number of hydrogen-bond donors (Lipinski definition) is 2.